The maximum Gasteiger partial charge on any atom is 0.329 e. The first-order chi connectivity index (χ1) is 9.03. The Morgan fingerprint density at radius 3 is 2.47 bits per heavy atom. The smallest absolute Gasteiger partial charge is 0.329 e. The molecule has 0 aromatic carbocycles. The molecule has 1 amide bonds. The first-order valence-electron chi connectivity index (χ1n) is 7.19. The van der Waals surface area contributed by atoms with Crippen molar-refractivity contribution in [1.29, 1.82) is 0 Å². The van der Waals surface area contributed by atoms with E-state index in [0.29, 0.717) is 18.8 Å². The molecule has 2 N–H and O–H groups in total. The second-order valence-electron chi connectivity index (χ2n) is 5.90. The Bertz CT molecular complexity index is 351. The summed E-state index contributed by atoms with van der Waals surface area (Å²) in [6, 6.07) is 0. The highest BCUT2D eigenvalue weighted by Gasteiger charge is 2.45. The number of carbonyl (C=O) groups excluding carboxylic acids is 1. The molecule has 19 heavy (non-hydrogen) atoms. The van der Waals surface area contributed by atoms with Gasteiger partial charge in [0.15, 0.2) is 0 Å². The fraction of sp³-hybridized carbons (Fsp3) is 0.857. The van der Waals surface area contributed by atoms with Crippen LogP contribution in [-0.2, 0) is 14.3 Å². The van der Waals surface area contributed by atoms with Gasteiger partial charge in [-0.2, -0.15) is 0 Å². The quantitative estimate of drug-likeness (QED) is 0.796. The molecular formula is C14H23NO4. The van der Waals surface area contributed by atoms with Crippen LogP contribution >= 0.6 is 0 Å². The van der Waals surface area contributed by atoms with Gasteiger partial charge in [0.2, 0.25) is 5.91 Å². The largest absolute Gasteiger partial charge is 0.480 e. The van der Waals surface area contributed by atoms with Crippen molar-refractivity contribution in [3.8, 4) is 0 Å². The third kappa shape index (κ3) is 3.26. The molecule has 0 aliphatic heterocycles. The lowest BCUT2D eigenvalue weighted by Gasteiger charge is -2.38. The van der Waals surface area contributed by atoms with Crippen molar-refractivity contribution in [3.63, 3.8) is 0 Å². The van der Waals surface area contributed by atoms with E-state index in [1.807, 2.05) is 0 Å². The van der Waals surface area contributed by atoms with Crippen LogP contribution in [0.2, 0.25) is 0 Å². The zero-order valence-electron chi connectivity index (χ0n) is 11.5. The Balaban J connectivity index is 1.76. The van der Waals surface area contributed by atoms with Gasteiger partial charge in [-0.05, 0) is 38.0 Å². The predicted octanol–water partition coefficient (Wildman–Crippen LogP) is 1.71. The zero-order valence-corrected chi connectivity index (χ0v) is 11.5. The normalized spacial score (nSPS) is 29.3. The van der Waals surface area contributed by atoms with E-state index in [1.54, 1.807) is 0 Å². The van der Waals surface area contributed by atoms with Gasteiger partial charge in [-0.25, -0.2) is 4.79 Å². The average Bonchev–Trinajstić information content (AvgIpc) is 2.32. The SMILES string of the molecule is CC1CCCCC1OCC(=O)NC1(C(=O)O)CCC1. The van der Waals surface area contributed by atoms with Crippen molar-refractivity contribution in [3.05, 3.63) is 0 Å². The predicted molar refractivity (Wildman–Crippen MR) is 69.7 cm³/mol. The molecule has 2 atom stereocenters. The number of hydrogen-bond acceptors (Lipinski definition) is 3. The van der Waals surface area contributed by atoms with Crippen LogP contribution in [0.5, 0.6) is 0 Å². The van der Waals surface area contributed by atoms with Crippen molar-refractivity contribution >= 4 is 11.9 Å². The lowest BCUT2D eigenvalue weighted by atomic mass is 9.77. The standard InChI is InChI=1S/C14H23NO4/c1-10-5-2-3-6-11(10)19-9-12(16)15-14(13(17)18)7-4-8-14/h10-11H,2-9H2,1H3,(H,15,16)(H,17,18). The van der Waals surface area contributed by atoms with Crippen LogP contribution in [0, 0.1) is 5.92 Å². The third-order valence-corrected chi connectivity index (χ3v) is 4.46. The maximum atomic E-state index is 11.8. The molecule has 0 spiro atoms. The molecule has 0 radical (unpaired) electrons. The molecular weight excluding hydrogens is 246 g/mol. The van der Waals surface area contributed by atoms with Crippen LogP contribution < -0.4 is 5.32 Å². The van der Waals surface area contributed by atoms with Crippen molar-refractivity contribution in [2.45, 2.75) is 63.5 Å². The summed E-state index contributed by atoms with van der Waals surface area (Å²) >= 11 is 0. The summed E-state index contributed by atoms with van der Waals surface area (Å²) in [5.74, 6) is -0.753. The van der Waals surface area contributed by atoms with E-state index in [1.165, 1.54) is 6.42 Å². The molecule has 5 heteroatoms. The molecule has 2 aliphatic carbocycles. The Morgan fingerprint density at radius 1 is 1.26 bits per heavy atom. The molecule has 0 bridgehead atoms. The number of aliphatic carboxylic acids is 1. The number of carbonyl (C=O) groups is 2. The second-order valence-corrected chi connectivity index (χ2v) is 5.90. The summed E-state index contributed by atoms with van der Waals surface area (Å²) < 4.78 is 5.65. The fourth-order valence-electron chi connectivity index (χ4n) is 2.94. The van der Waals surface area contributed by atoms with Gasteiger partial charge in [0.05, 0.1) is 6.10 Å². The van der Waals surface area contributed by atoms with Crippen LogP contribution in [0.25, 0.3) is 0 Å². The Hall–Kier alpha value is -1.10. The zero-order chi connectivity index (χ0) is 13.9. The lowest BCUT2D eigenvalue weighted by Crippen LogP contribution is -2.59. The number of nitrogens with one attached hydrogen (secondary N) is 1. The number of carboxylic acid groups (broad SMARTS) is 1. The molecule has 0 aromatic rings. The summed E-state index contributed by atoms with van der Waals surface area (Å²) in [6.07, 6.45) is 6.56. The highest BCUT2D eigenvalue weighted by atomic mass is 16.5. The van der Waals surface area contributed by atoms with E-state index in [9.17, 15) is 9.59 Å². The van der Waals surface area contributed by atoms with Crippen molar-refractivity contribution < 1.29 is 19.4 Å². The summed E-state index contributed by atoms with van der Waals surface area (Å²) in [6.45, 7) is 2.12. The minimum absolute atomic E-state index is 0.0238. The van der Waals surface area contributed by atoms with Crippen molar-refractivity contribution in [2.75, 3.05) is 6.61 Å². The second kappa shape index (κ2) is 5.90. The summed E-state index contributed by atoms with van der Waals surface area (Å²) in [5, 5.41) is 11.8. The monoisotopic (exact) mass is 269 g/mol. The van der Waals surface area contributed by atoms with E-state index in [2.05, 4.69) is 12.2 Å². The Kier molecular flexibility index (Phi) is 4.45. The summed E-state index contributed by atoms with van der Waals surface area (Å²) in [4.78, 5) is 22.9. The van der Waals surface area contributed by atoms with Crippen LogP contribution in [0.3, 0.4) is 0 Å². The Morgan fingerprint density at radius 2 is 1.95 bits per heavy atom. The lowest BCUT2D eigenvalue weighted by molar-refractivity contribution is -0.153. The van der Waals surface area contributed by atoms with E-state index < -0.39 is 11.5 Å². The highest BCUT2D eigenvalue weighted by molar-refractivity contribution is 5.88. The van der Waals surface area contributed by atoms with Gasteiger partial charge in [-0.1, -0.05) is 19.8 Å². The average molecular weight is 269 g/mol. The molecule has 0 heterocycles. The highest BCUT2D eigenvalue weighted by Crippen LogP contribution is 2.32. The molecule has 2 rings (SSSR count). The van der Waals surface area contributed by atoms with Gasteiger partial charge in [0.25, 0.3) is 0 Å². The van der Waals surface area contributed by atoms with Crippen molar-refractivity contribution in [2.24, 2.45) is 5.92 Å². The molecule has 108 valence electrons. The maximum absolute atomic E-state index is 11.8. The van der Waals surface area contributed by atoms with Crippen LogP contribution in [0.1, 0.15) is 51.9 Å². The minimum atomic E-state index is -1.03. The van der Waals surface area contributed by atoms with Gasteiger partial charge in [-0.15, -0.1) is 0 Å². The fourth-order valence-corrected chi connectivity index (χ4v) is 2.94. The van der Waals surface area contributed by atoms with Gasteiger partial charge in [-0.3, -0.25) is 4.79 Å². The van der Waals surface area contributed by atoms with E-state index in [0.717, 1.165) is 25.7 Å². The van der Waals surface area contributed by atoms with Crippen LogP contribution in [-0.4, -0.2) is 35.2 Å². The molecule has 2 aliphatic rings. The minimum Gasteiger partial charge on any atom is -0.480 e. The molecule has 0 aromatic heterocycles. The van der Waals surface area contributed by atoms with Gasteiger partial charge >= 0.3 is 5.97 Å². The molecule has 2 fully saturated rings. The molecule has 2 unspecified atom stereocenters. The summed E-state index contributed by atoms with van der Waals surface area (Å²) in [7, 11) is 0. The summed E-state index contributed by atoms with van der Waals surface area (Å²) in [5.41, 5.74) is -1.03. The molecule has 5 nitrogen and oxygen atoms in total. The number of hydrogen-bond donors (Lipinski definition) is 2. The first kappa shape index (κ1) is 14.3. The van der Waals surface area contributed by atoms with E-state index >= 15 is 0 Å². The van der Waals surface area contributed by atoms with Gasteiger partial charge < -0.3 is 15.2 Å². The van der Waals surface area contributed by atoms with Crippen LogP contribution in [0.4, 0.5) is 0 Å². The number of rotatable bonds is 5. The Labute approximate surface area is 113 Å². The van der Waals surface area contributed by atoms with Crippen LogP contribution in [0.15, 0.2) is 0 Å². The number of carboxylic acids is 1. The van der Waals surface area contributed by atoms with Crippen molar-refractivity contribution in [1.82, 2.24) is 5.32 Å². The molecule has 2 saturated carbocycles. The van der Waals surface area contributed by atoms with Gasteiger partial charge in [0, 0.05) is 0 Å². The van der Waals surface area contributed by atoms with Gasteiger partial charge in [0.1, 0.15) is 12.1 Å². The number of ether oxygens (including phenoxy) is 1. The first-order valence-corrected chi connectivity index (χ1v) is 7.19. The van der Waals surface area contributed by atoms with E-state index in [-0.39, 0.29) is 18.6 Å². The van der Waals surface area contributed by atoms with E-state index in [4.69, 9.17) is 9.84 Å². The third-order valence-electron chi connectivity index (χ3n) is 4.46. The number of amides is 1. The topological polar surface area (TPSA) is 75.6 Å². The molecule has 0 saturated heterocycles.